The molecule has 3 N–H and O–H groups in total. The minimum atomic E-state index is 0.183. The summed E-state index contributed by atoms with van der Waals surface area (Å²) in [6, 6.07) is 8.25. The van der Waals surface area contributed by atoms with Crippen molar-refractivity contribution in [3.63, 3.8) is 0 Å². The molecule has 1 fully saturated rings. The van der Waals surface area contributed by atoms with Crippen LogP contribution in [0.4, 0.5) is 5.82 Å². The highest BCUT2D eigenvalue weighted by molar-refractivity contribution is 9.10. The molecule has 3 nitrogen and oxygen atoms in total. The Labute approximate surface area is 121 Å². The summed E-state index contributed by atoms with van der Waals surface area (Å²) < 4.78 is 1.06. The van der Waals surface area contributed by atoms with Gasteiger partial charge in [0.05, 0.1) is 5.69 Å². The standard InChI is InChI=1S/C15H18BrN3/c1-15(7-2-3-8-15)13-12(14(17)19-18-13)10-5-4-6-11(16)9-10/h4-6,9H,2-3,7-8H2,1H3,(H3,17,18,19). The number of benzene rings is 1. The fourth-order valence-corrected chi connectivity index (χ4v) is 3.53. The first-order valence-corrected chi connectivity index (χ1v) is 7.50. The molecule has 0 radical (unpaired) electrons. The van der Waals surface area contributed by atoms with E-state index in [9.17, 15) is 0 Å². The lowest BCUT2D eigenvalue weighted by Gasteiger charge is -2.23. The molecule has 0 aliphatic heterocycles. The van der Waals surface area contributed by atoms with Crippen LogP contribution < -0.4 is 5.73 Å². The fourth-order valence-electron chi connectivity index (χ4n) is 3.13. The van der Waals surface area contributed by atoms with Gasteiger partial charge in [-0.25, -0.2) is 0 Å². The number of nitrogens with zero attached hydrogens (tertiary/aromatic N) is 1. The van der Waals surface area contributed by atoms with E-state index < -0.39 is 0 Å². The van der Waals surface area contributed by atoms with E-state index >= 15 is 0 Å². The summed E-state index contributed by atoms with van der Waals surface area (Å²) in [7, 11) is 0. The van der Waals surface area contributed by atoms with Crippen LogP contribution in [0.5, 0.6) is 0 Å². The Bertz CT molecular complexity index is 597. The molecule has 2 aromatic rings. The topological polar surface area (TPSA) is 54.7 Å². The molecule has 1 heterocycles. The molecule has 0 atom stereocenters. The summed E-state index contributed by atoms with van der Waals surface area (Å²) in [6.45, 7) is 2.31. The van der Waals surface area contributed by atoms with E-state index in [4.69, 9.17) is 5.73 Å². The lowest BCUT2D eigenvalue weighted by atomic mass is 9.81. The van der Waals surface area contributed by atoms with Crippen LogP contribution in [0, 0.1) is 0 Å². The van der Waals surface area contributed by atoms with Crippen LogP contribution in [0.15, 0.2) is 28.7 Å². The number of nitrogen functional groups attached to an aromatic ring is 1. The van der Waals surface area contributed by atoms with Crippen molar-refractivity contribution in [2.45, 2.75) is 38.0 Å². The third kappa shape index (κ3) is 2.18. The zero-order valence-corrected chi connectivity index (χ0v) is 12.6. The second-order valence-electron chi connectivity index (χ2n) is 5.64. The number of nitrogens with one attached hydrogen (secondary N) is 1. The highest BCUT2D eigenvalue weighted by atomic mass is 79.9. The molecule has 100 valence electrons. The van der Waals surface area contributed by atoms with Gasteiger partial charge in [0.2, 0.25) is 0 Å². The molecule has 1 saturated carbocycles. The highest BCUT2D eigenvalue weighted by Crippen LogP contribution is 2.45. The van der Waals surface area contributed by atoms with Gasteiger partial charge in [0, 0.05) is 15.5 Å². The minimum Gasteiger partial charge on any atom is -0.382 e. The van der Waals surface area contributed by atoms with E-state index in [1.807, 2.05) is 12.1 Å². The Morgan fingerprint density at radius 1 is 1.32 bits per heavy atom. The molecule has 1 aromatic heterocycles. The number of halogens is 1. The SMILES string of the molecule is CC1(c2[nH]nc(N)c2-c2cccc(Br)c2)CCCC1. The van der Waals surface area contributed by atoms with E-state index in [2.05, 4.69) is 45.2 Å². The van der Waals surface area contributed by atoms with Crippen LogP contribution in [0.3, 0.4) is 0 Å². The lowest BCUT2D eigenvalue weighted by Crippen LogP contribution is -2.18. The number of H-pyrrole nitrogens is 1. The Balaban J connectivity index is 2.13. The summed E-state index contributed by atoms with van der Waals surface area (Å²) in [5, 5.41) is 7.43. The number of hydrogen-bond donors (Lipinski definition) is 2. The summed E-state index contributed by atoms with van der Waals surface area (Å²) >= 11 is 3.52. The van der Waals surface area contributed by atoms with Gasteiger partial charge in [-0.3, -0.25) is 5.10 Å². The van der Waals surface area contributed by atoms with Crippen molar-refractivity contribution in [1.82, 2.24) is 10.2 Å². The van der Waals surface area contributed by atoms with Gasteiger partial charge in [-0.2, -0.15) is 5.10 Å². The maximum atomic E-state index is 6.09. The number of aromatic amines is 1. The van der Waals surface area contributed by atoms with Crippen molar-refractivity contribution in [3.05, 3.63) is 34.4 Å². The first-order chi connectivity index (χ1) is 9.10. The average Bonchev–Trinajstić information content (AvgIpc) is 2.97. The molecule has 0 amide bonds. The monoisotopic (exact) mass is 319 g/mol. The van der Waals surface area contributed by atoms with Crippen molar-refractivity contribution in [1.29, 1.82) is 0 Å². The molecular formula is C15H18BrN3. The Morgan fingerprint density at radius 2 is 2.05 bits per heavy atom. The second-order valence-corrected chi connectivity index (χ2v) is 6.55. The van der Waals surface area contributed by atoms with Gasteiger partial charge in [-0.1, -0.05) is 47.8 Å². The molecule has 1 aliphatic carbocycles. The van der Waals surface area contributed by atoms with Gasteiger partial charge >= 0.3 is 0 Å². The van der Waals surface area contributed by atoms with E-state index in [0.717, 1.165) is 15.6 Å². The third-order valence-corrected chi connectivity index (χ3v) is 4.71. The zero-order chi connectivity index (χ0) is 13.5. The second kappa shape index (κ2) is 4.67. The van der Waals surface area contributed by atoms with Gasteiger partial charge in [0.25, 0.3) is 0 Å². The lowest BCUT2D eigenvalue weighted by molar-refractivity contribution is 0.476. The summed E-state index contributed by atoms with van der Waals surface area (Å²) in [4.78, 5) is 0. The van der Waals surface area contributed by atoms with Crippen LogP contribution >= 0.6 is 15.9 Å². The molecule has 1 aromatic carbocycles. The summed E-state index contributed by atoms with van der Waals surface area (Å²) in [5.41, 5.74) is 9.67. The van der Waals surface area contributed by atoms with Gasteiger partial charge in [0.15, 0.2) is 5.82 Å². The molecule has 19 heavy (non-hydrogen) atoms. The van der Waals surface area contributed by atoms with E-state index in [-0.39, 0.29) is 5.41 Å². The Morgan fingerprint density at radius 3 is 2.74 bits per heavy atom. The summed E-state index contributed by atoms with van der Waals surface area (Å²) in [6.07, 6.45) is 4.98. The van der Waals surface area contributed by atoms with Crippen LogP contribution in [-0.4, -0.2) is 10.2 Å². The largest absolute Gasteiger partial charge is 0.382 e. The smallest absolute Gasteiger partial charge is 0.153 e. The van der Waals surface area contributed by atoms with E-state index in [0.29, 0.717) is 5.82 Å². The highest BCUT2D eigenvalue weighted by Gasteiger charge is 2.35. The van der Waals surface area contributed by atoms with Crippen molar-refractivity contribution >= 4 is 21.7 Å². The molecular weight excluding hydrogens is 302 g/mol. The fraction of sp³-hybridized carbons (Fsp3) is 0.400. The molecule has 4 heteroatoms. The zero-order valence-electron chi connectivity index (χ0n) is 11.0. The molecule has 0 saturated heterocycles. The first kappa shape index (κ1) is 12.7. The Kier molecular flexibility index (Phi) is 3.13. The summed E-state index contributed by atoms with van der Waals surface area (Å²) in [5.74, 6) is 0.598. The normalized spacial score (nSPS) is 17.8. The number of anilines is 1. The van der Waals surface area contributed by atoms with Gasteiger partial charge < -0.3 is 5.73 Å². The van der Waals surface area contributed by atoms with Crippen LogP contribution in [-0.2, 0) is 5.41 Å². The van der Waals surface area contributed by atoms with Crippen molar-refractivity contribution in [2.75, 3.05) is 5.73 Å². The Hall–Kier alpha value is -1.29. The maximum Gasteiger partial charge on any atom is 0.153 e. The number of hydrogen-bond acceptors (Lipinski definition) is 2. The van der Waals surface area contributed by atoms with Crippen molar-refractivity contribution in [2.24, 2.45) is 0 Å². The van der Waals surface area contributed by atoms with Crippen molar-refractivity contribution in [3.8, 4) is 11.1 Å². The first-order valence-electron chi connectivity index (χ1n) is 6.70. The third-order valence-electron chi connectivity index (χ3n) is 4.22. The molecule has 1 aliphatic rings. The van der Waals surface area contributed by atoms with E-state index in [1.54, 1.807) is 0 Å². The van der Waals surface area contributed by atoms with Gasteiger partial charge in [-0.15, -0.1) is 0 Å². The average molecular weight is 320 g/mol. The van der Waals surface area contributed by atoms with Crippen LogP contribution in [0.25, 0.3) is 11.1 Å². The van der Waals surface area contributed by atoms with E-state index in [1.165, 1.54) is 31.4 Å². The number of nitrogens with two attached hydrogens (primary N) is 1. The molecule has 0 spiro atoms. The minimum absolute atomic E-state index is 0.183. The maximum absolute atomic E-state index is 6.09. The number of rotatable bonds is 2. The molecule has 0 unspecified atom stereocenters. The molecule has 0 bridgehead atoms. The number of aromatic nitrogens is 2. The van der Waals surface area contributed by atoms with Gasteiger partial charge in [-0.05, 0) is 30.5 Å². The van der Waals surface area contributed by atoms with Crippen LogP contribution in [0.2, 0.25) is 0 Å². The van der Waals surface area contributed by atoms with Crippen LogP contribution in [0.1, 0.15) is 38.3 Å². The van der Waals surface area contributed by atoms with Crippen molar-refractivity contribution < 1.29 is 0 Å². The van der Waals surface area contributed by atoms with Gasteiger partial charge in [0.1, 0.15) is 0 Å². The predicted molar refractivity (Wildman–Crippen MR) is 82.0 cm³/mol. The predicted octanol–water partition coefficient (Wildman–Crippen LogP) is 4.25. The molecule has 3 rings (SSSR count). The quantitative estimate of drug-likeness (QED) is 0.869.